The van der Waals surface area contributed by atoms with Crippen molar-refractivity contribution in [1.82, 2.24) is 4.57 Å². The standard InChI is InChI=1S/C18H20F2N4O4/c19-12-14(22)11-15(13(20)16(12)23-3-4-28-9(5-21)6-23)24(8-1-2-8)7-10(17(11)25)18(26)27/h7-9H,1-6,21-22H2,(H,26,27). The lowest BCUT2D eigenvalue weighted by Crippen LogP contribution is -2.46. The number of nitrogen functional groups attached to an aromatic ring is 1. The number of carboxylic acids is 1. The SMILES string of the molecule is NCC1CN(c2c(F)c(N)c3c(=O)c(C(=O)O)cn(C4CC4)c3c2F)CCO1. The molecule has 0 amide bonds. The first-order valence-electron chi connectivity index (χ1n) is 9.00. The molecule has 2 fully saturated rings. The summed E-state index contributed by atoms with van der Waals surface area (Å²) in [6.07, 6.45) is 2.15. The number of nitrogens with two attached hydrogens (primary N) is 2. The van der Waals surface area contributed by atoms with E-state index in [-0.39, 0.29) is 49.6 Å². The highest BCUT2D eigenvalue weighted by Gasteiger charge is 2.34. The molecule has 1 aromatic carbocycles. The molecule has 2 aromatic rings. The van der Waals surface area contributed by atoms with Crippen LogP contribution in [-0.2, 0) is 4.74 Å². The van der Waals surface area contributed by atoms with E-state index in [0.29, 0.717) is 12.8 Å². The maximum atomic E-state index is 15.6. The number of rotatable bonds is 4. The third kappa shape index (κ3) is 2.80. The van der Waals surface area contributed by atoms with Gasteiger partial charge < -0.3 is 30.8 Å². The monoisotopic (exact) mass is 394 g/mol. The van der Waals surface area contributed by atoms with Crippen LogP contribution in [0.3, 0.4) is 0 Å². The van der Waals surface area contributed by atoms with Crippen molar-refractivity contribution in [3.63, 3.8) is 0 Å². The molecule has 150 valence electrons. The Hall–Kier alpha value is -2.72. The van der Waals surface area contributed by atoms with Crippen LogP contribution in [0.2, 0.25) is 0 Å². The van der Waals surface area contributed by atoms with Gasteiger partial charge in [-0.3, -0.25) is 4.79 Å². The largest absolute Gasteiger partial charge is 0.477 e. The molecule has 4 rings (SSSR count). The van der Waals surface area contributed by atoms with Crippen LogP contribution < -0.4 is 21.8 Å². The maximum absolute atomic E-state index is 15.6. The first-order chi connectivity index (χ1) is 13.3. The molecule has 2 aliphatic rings. The van der Waals surface area contributed by atoms with Gasteiger partial charge in [-0.25, -0.2) is 13.6 Å². The van der Waals surface area contributed by atoms with Gasteiger partial charge in [0, 0.05) is 31.9 Å². The lowest BCUT2D eigenvalue weighted by atomic mass is 10.1. The van der Waals surface area contributed by atoms with Gasteiger partial charge in [0.25, 0.3) is 0 Å². The van der Waals surface area contributed by atoms with E-state index in [9.17, 15) is 14.7 Å². The van der Waals surface area contributed by atoms with Gasteiger partial charge in [-0.15, -0.1) is 0 Å². The summed E-state index contributed by atoms with van der Waals surface area (Å²) in [5.41, 5.74) is 8.88. The number of morpholine rings is 1. The summed E-state index contributed by atoms with van der Waals surface area (Å²) in [5.74, 6) is -3.48. The molecule has 5 N–H and O–H groups in total. The van der Waals surface area contributed by atoms with Crippen LogP contribution in [0.1, 0.15) is 29.2 Å². The number of aromatic carboxylic acids is 1. The third-order valence-electron chi connectivity index (χ3n) is 5.25. The molecule has 28 heavy (non-hydrogen) atoms. The highest BCUT2D eigenvalue weighted by Crippen LogP contribution is 2.41. The van der Waals surface area contributed by atoms with Crippen LogP contribution in [0.5, 0.6) is 0 Å². The van der Waals surface area contributed by atoms with E-state index in [2.05, 4.69) is 0 Å². The molecule has 1 saturated heterocycles. The Bertz CT molecular complexity index is 1030. The zero-order valence-corrected chi connectivity index (χ0v) is 15.0. The summed E-state index contributed by atoms with van der Waals surface area (Å²) in [5, 5.41) is 8.88. The van der Waals surface area contributed by atoms with Crippen LogP contribution >= 0.6 is 0 Å². The predicted octanol–water partition coefficient (Wildman–Crippen LogP) is 1.06. The number of carboxylic acid groups (broad SMARTS) is 1. The second-order valence-corrected chi connectivity index (χ2v) is 7.10. The lowest BCUT2D eigenvalue weighted by molar-refractivity contribution is 0.0461. The average Bonchev–Trinajstić information content (AvgIpc) is 3.51. The highest BCUT2D eigenvalue weighted by molar-refractivity contribution is 5.99. The molecule has 2 heterocycles. The molecule has 1 aromatic heterocycles. The molecule has 1 unspecified atom stereocenters. The van der Waals surface area contributed by atoms with Crippen molar-refractivity contribution in [2.75, 3.05) is 36.9 Å². The number of nitrogens with zero attached hydrogens (tertiary/aromatic N) is 2. The van der Waals surface area contributed by atoms with Crippen LogP contribution in [0, 0.1) is 11.6 Å². The van der Waals surface area contributed by atoms with Crippen molar-refractivity contribution in [2.24, 2.45) is 5.73 Å². The Kier molecular flexibility index (Phi) is 4.47. The van der Waals surface area contributed by atoms with Gasteiger partial charge in [0.15, 0.2) is 11.6 Å². The van der Waals surface area contributed by atoms with Crippen molar-refractivity contribution in [3.05, 3.63) is 33.6 Å². The normalized spacial score (nSPS) is 20.0. The minimum absolute atomic E-state index is 0.158. The second-order valence-electron chi connectivity index (χ2n) is 7.10. The fourth-order valence-corrected chi connectivity index (χ4v) is 3.69. The summed E-state index contributed by atoms with van der Waals surface area (Å²) in [6.45, 7) is 0.843. The van der Waals surface area contributed by atoms with Gasteiger partial charge in [-0.2, -0.15) is 0 Å². The van der Waals surface area contributed by atoms with E-state index in [0.717, 1.165) is 6.20 Å². The Morgan fingerprint density at radius 1 is 1.32 bits per heavy atom. The van der Waals surface area contributed by atoms with Crippen molar-refractivity contribution in [2.45, 2.75) is 25.0 Å². The quantitative estimate of drug-likeness (QED) is 0.663. The number of pyridine rings is 1. The Balaban J connectivity index is 2.02. The molecule has 1 atom stereocenters. The van der Waals surface area contributed by atoms with Gasteiger partial charge >= 0.3 is 5.97 Å². The zero-order valence-electron chi connectivity index (χ0n) is 15.0. The van der Waals surface area contributed by atoms with Gasteiger partial charge in [0.2, 0.25) is 5.43 Å². The smallest absolute Gasteiger partial charge is 0.341 e. The number of benzene rings is 1. The third-order valence-corrected chi connectivity index (χ3v) is 5.25. The van der Waals surface area contributed by atoms with E-state index in [1.54, 1.807) is 0 Å². The van der Waals surface area contributed by atoms with Crippen molar-refractivity contribution in [3.8, 4) is 0 Å². The van der Waals surface area contributed by atoms with Crippen LogP contribution in [0.15, 0.2) is 11.0 Å². The molecule has 0 bridgehead atoms. The number of ether oxygens (including phenoxy) is 1. The molecule has 8 nitrogen and oxygen atoms in total. The number of halogens is 2. The van der Waals surface area contributed by atoms with Crippen LogP contribution in [0.4, 0.5) is 20.2 Å². The number of aromatic nitrogens is 1. The van der Waals surface area contributed by atoms with E-state index >= 15 is 8.78 Å². The predicted molar refractivity (Wildman–Crippen MR) is 98.8 cm³/mol. The number of hydrogen-bond acceptors (Lipinski definition) is 6. The van der Waals surface area contributed by atoms with Crippen molar-refractivity contribution >= 4 is 28.2 Å². The van der Waals surface area contributed by atoms with Crippen LogP contribution in [-0.4, -0.2) is 48.0 Å². The molecular weight excluding hydrogens is 374 g/mol. The van der Waals surface area contributed by atoms with Crippen molar-refractivity contribution in [1.29, 1.82) is 0 Å². The van der Waals surface area contributed by atoms with Gasteiger partial charge in [0.1, 0.15) is 11.3 Å². The summed E-state index contributed by atoms with van der Waals surface area (Å²) >= 11 is 0. The summed E-state index contributed by atoms with van der Waals surface area (Å²) in [6, 6.07) is -0.158. The van der Waals surface area contributed by atoms with Crippen LogP contribution in [0.25, 0.3) is 10.9 Å². The van der Waals surface area contributed by atoms with E-state index < -0.39 is 39.7 Å². The summed E-state index contributed by atoms with van der Waals surface area (Å²) < 4.78 is 37.5. The zero-order chi connectivity index (χ0) is 20.2. The van der Waals surface area contributed by atoms with E-state index in [4.69, 9.17) is 16.2 Å². The van der Waals surface area contributed by atoms with E-state index in [1.165, 1.54) is 9.47 Å². The molecule has 1 saturated carbocycles. The summed E-state index contributed by atoms with van der Waals surface area (Å²) in [4.78, 5) is 25.5. The first-order valence-corrected chi connectivity index (χ1v) is 9.00. The molecule has 0 radical (unpaired) electrons. The average molecular weight is 394 g/mol. The van der Waals surface area contributed by atoms with Gasteiger partial charge in [-0.05, 0) is 12.8 Å². The number of carbonyl (C=O) groups is 1. The first kappa shape index (κ1) is 18.6. The van der Waals surface area contributed by atoms with Gasteiger partial charge in [-0.1, -0.05) is 0 Å². The molecular formula is C18H20F2N4O4. The minimum atomic E-state index is -1.47. The number of anilines is 2. The maximum Gasteiger partial charge on any atom is 0.341 e. The summed E-state index contributed by atoms with van der Waals surface area (Å²) in [7, 11) is 0. The Morgan fingerprint density at radius 2 is 2.04 bits per heavy atom. The number of hydrogen-bond donors (Lipinski definition) is 3. The highest BCUT2D eigenvalue weighted by atomic mass is 19.1. The number of fused-ring (bicyclic) bond motifs is 1. The molecule has 1 aliphatic carbocycles. The topological polar surface area (TPSA) is 124 Å². The fourth-order valence-electron chi connectivity index (χ4n) is 3.69. The lowest BCUT2D eigenvalue weighted by Gasteiger charge is -2.35. The molecule has 1 aliphatic heterocycles. The Labute approximate surface area is 158 Å². The molecule has 10 heteroatoms. The van der Waals surface area contributed by atoms with Crippen molar-refractivity contribution < 1.29 is 23.4 Å². The van der Waals surface area contributed by atoms with Gasteiger partial charge in [0.05, 0.1) is 29.3 Å². The van der Waals surface area contributed by atoms with E-state index in [1.807, 2.05) is 0 Å². The second kappa shape index (κ2) is 6.71. The fraction of sp³-hybridized carbons (Fsp3) is 0.444. The molecule has 0 spiro atoms. The Morgan fingerprint density at radius 3 is 2.64 bits per heavy atom. The minimum Gasteiger partial charge on any atom is -0.477 e.